The van der Waals surface area contributed by atoms with Crippen LogP contribution in [0.4, 0.5) is 5.13 Å². The minimum absolute atomic E-state index is 0.575. The molecule has 0 aliphatic carbocycles. The Bertz CT molecular complexity index is 697. The van der Waals surface area contributed by atoms with Gasteiger partial charge in [-0.15, -0.1) is 11.3 Å². The van der Waals surface area contributed by atoms with E-state index in [4.69, 9.17) is 9.47 Å². The largest absolute Gasteiger partial charge is 0.490 e. The van der Waals surface area contributed by atoms with Crippen LogP contribution in [0.15, 0.2) is 21.7 Å². The second-order valence-corrected chi connectivity index (χ2v) is 7.20. The lowest BCUT2D eigenvalue weighted by molar-refractivity contribution is 0.275. The van der Waals surface area contributed by atoms with Crippen LogP contribution in [0.25, 0.3) is 0 Å². The summed E-state index contributed by atoms with van der Waals surface area (Å²) in [5.41, 5.74) is 4.90. The summed E-state index contributed by atoms with van der Waals surface area (Å²) in [5.74, 6) is 1.44. The summed E-state index contributed by atoms with van der Waals surface area (Å²) < 4.78 is 12.3. The van der Waals surface area contributed by atoms with Gasteiger partial charge in [0.25, 0.3) is 0 Å². The second kappa shape index (κ2) is 9.03. The Morgan fingerprint density at radius 2 is 2.08 bits per heavy atom. The van der Waals surface area contributed by atoms with Crippen LogP contribution in [0.3, 0.4) is 0 Å². The summed E-state index contributed by atoms with van der Waals surface area (Å²) >= 11 is 5.14. The van der Waals surface area contributed by atoms with Gasteiger partial charge >= 0.3 is 0 Å². The summed E-state index contributed by atoms with van der Waals surface area (Å²) in [7, 11) is 0. The minimum Gasteiger partial charge on any atom is -0.490 e. The highest BCUT2D eigenvalue weighted by Gasteiger charge is 2.11. The van der Waals surface area contributed by atoms with E-state index < -0.39 is 0 Å². The number of thiazole rings is 1. The normalized spacial score (nSPS) is 11.0. The molecular weight excluding hydrogens is 390 g/mol. The number of hydrazone groups is 1. The summed E-state index contributed by atoms with van der Waals surface area (Å²) in [4.78, 5) is 5.58. The fourth-order valence-corrected chi connectivity index (χ4v) is 3.29. The summed E-state index contributed by atoms with van der Waals surface area (Å²) in [5, 5.41) is 5.04. The van der Waals surface area contributed by atoms with Crippen molar-refractivity contribution < 1.29 is 9.47 Å². The lowest BCUT2D eigenvalue weighted by Gasteiger charge is -2.14. The van der Waals surface area contributed by atoms with Crippen molar-refractivity contribution in [2.45, 2.75) is 34.1 Å². The van der Waals surface area contributed by atoms with E-state index >= 15 is 0 Å². The summed E-state index contributed by atoms with van der Waals surface area (Å²) in [6.07, 6.45) is 2.68. The number of halogens is 1. The van der Waals surface area contributed by atoms with Gasteiger partial charge in [0, 0.05) is 4.88 Å². The van der Waals surface area contributed by atoms with E-state index in [0.717, 1.165) is 33.0 Å². The van der Waals surface area contributed by atoms with Crippen molar-refractivity contribution in [1.29, 1.82) is 0 Å². The van der Waals surface area contributed by atoms with Crippen LogP contribution >= 0.6 is 27.3 Å². The quantitative estimate of drug-likeness (QED) is 0.481. The third kappa shape index (κ3) is 4.95. The Morgan fingerprint density at radius 3 is 2.71 bits per heavy atom. The average molecular weight is 412 g/mol. The van der Waals surface area contributed by atoms with E-state index in [9.17, 15) is 0 Å². The molecule has 7 heteroatoms. The molecule has 0 radical (unpaired) electrons. The predicted octanol–water partition coefficient (Wildman–Crippen LogP) is 5.16. The van der Waals surface area contributed by atoms with E-state index in [1.807, 2.05) is 32.9 Å². The number of hydrogen-bond acceptors (Lipinski definition) is 6. The Morgan fingerprint density at radius 1 is 1.29 bits per heavy atom. The molecule has 0 atom stereocenters. The van der Waals surface area contributed by atoms with Crippen molar-refractivity contribution in [1.82, 2.24) is 4.98 Å². The second-order valence-electron chi connectivity index (χ2n) is 5.14. The highest BCUT2D eigenvalue weighted by atomic mass is 79.9. The molecule has 1 aromatic heterocycles. The van der Waals surface area contributed by atoms with Gasteiger partial charge in [-0.05, 0) is 60.8 Å². The number of aryl methyl sites for hydroxylation is 2. The number of hydrogen-bond donors (Lipinski definition) is 1. The lowest BCUT2D eigenvalue weighted by Crippen LogP contribution is -2.02. The van der Waals surface area contributed by atoms with Crippen molar-refractivity contribution in [2.75, 3.05) is 18.6 Å². The SMILES string of the molecule is CCCOc1c(Br)cc(/C=N\Nc2nc(C)c(C)s2)cc1OCC. The Labute approximate surface area is 155 Å². The monoisotopic (exact) mass is 411 g/mol. The van der Waals surface area contributed by atoms with E-state index in [1.165, 1.54) is 4.88 Å². The number of aromatic nitrogens is 1. The lowest BCUT2D eigenvalue weighted by atomic mass is 10.2. The van der Waals surface area contributed by atoms with Gasteiger partial charge < -0.3 is 9.47 Å². The number of nitrogens with zero attached hydrogens (tertiary/aromatic N) is 2. The van der Waals surface area contributed by atoms with Crippen LogP contribution < -0.4 is 14.9 Å². The van der Waals surface area contributed by atoms with Crippen LogP contribution in [0.5, 0.6) is 11.5 Å². The van der Waals surface area contributed by atoms with Crippen molar-refractivity contribution in [3.05, 3.63) is 32.7 Å². The molecule has 1 N–H and O–H groups in total. The molecule has 0 saturated carbocycles. The van der Waals surface area contributed by atoms with Gasteiger partial charge in [-0.25, -0.2) is 4.98 Å². The molecule has 2 aromatic rings. The highest BCUT2D eigenvalue weighted by Crippen LogP contribution is 2.36. The molecule has 0 bridgehead atoms. The van der Waals surface area contributed by atoms with Crippen LogP contribution in [-0.2, 0) is 0 Å². The van der Waals surface area contributed by atoms with Gasteiger partial charge in [-0.3, -0.25) is 5.43 Å². The molecule has 0 aliphatic heterocycles. The zero-order valence-corrected chi connectivity index (χ0v) is 16.8. The first-order valence-electron chi connectivity index (χ1n) is 7.87. The molecular formula is C17H22BrN3O2S. The van der Waals surface area contributed by atoms with E-state index in [-0.39, 0.29) is 0 Å². The molecule has 0 aliphatic rings. The Kier molecular flexibility index (Phi) is 7.05. The number of nitrogens with one attached hydrogen (secondary N) is 1. The van der Waals surface area contributed by atoms with Gasteiger partial charge in [0.2, 0.25) is 5.13 Å². The molecule has 130 valence electrons. The van der Waals surface area contributed by atoms with Crippen molar-refractivity contribution in [2.24, 2.45) is 5.10 Å². The molecule has 24 heavy (non-hydrogen) atoms. The summed E-state index contributed by atoms with van der Waals surface area (Å²) in [6.45, 7) is 9.28. The number of anilines is 1. The van der Waals surface area contributed by atoms with Gasteiger partial charge in [0.1, 0.15) is 0 Å². The molecule has 1 heterocycles. The third-order valence-electron chi connectivity index (χ3n) is 3.18. The van der Waals surface area contributed by atoms with Gasteiger partial charge in [0.05, 0.1) is 29.6 Å². The maximum absolute atomic E-state index is 5.77. The Hall–Kier alpha value is -1.60. The molecule has 0 spiro atoms. The predicted molar refractivity (Wildman–Crippen MR) is 104 cm³/mol. The molecule has 5 nitrogen and oxygen atoms in total. The first kappa shape index (κ1) is 18.7. The Balaban J connectivity index is 2.15. The van der Waals surface area contributed by atoms with Gasteiger partial charge in [0.15, 0.2) is 11.5 Å². The summed E-state index contributed by atoms with van der Waals surface area (Å²) in [6, 6.07) is 3.87. The van der Waals surface area contributed by atoms with Gasteiger partial charge in [-0.1, -0.05) is 6.92 Å². The van der Waals surface area contributed by atoms with Crippen LogP contribution in [0, 0.1) is 13.8 Å². The molecule has 0 fully saturated rings. The molecule has 2 rings (SSSR count). The molecule has 1 aromatic carbocycles. The fourth-order valence-electron chi connectivity index (χ4n) is 1.95. The van der Waals surface area contributed by atoms with E-state index in [1.54, 1.807) is 17.6 Å². The van der Waals surface area contributed by atoms with E-state index in [0.29, 0.717) is 19.0 Å². The average Bonchev–Trinajstić information content (AvgIpc) is 2.85. The minimum atomic E-state index is 0.575. The van der Waals surface area contributed by atoms with Crippen LogP contribution in [0.2, 0.25) is 0 Å². The standard InChI is InChI=1S/C17H22BrN3O2S/c1-5-7-23-16-14(18)8-13(9-15(16)22-6-2)10-19-21-17-20-11(3)12(4)24-17/h8-10H,5-7H2,1-4H3,(H,20,21)/b19-10-. The number of ether oxygens (including phenoxy) is 2. The van der Waals surface area contributed by atoms with Crippen LogP contribution in [0.1, 0.15) is 36.4 Å². The fraction of sp³-hybridized carbons (Fsp3) is 0.412. The highest BCUT2D eigenvalue weighted by molar-refractivity contribution is 9.10. The maximum Gasteiger partial charge on any atom is 0.203 e. The van der Waals surface area contributed by atoms with Gasteiger partial charge in [-0.2, -0.15) is 5.10 Å². The number of benzene rings is 1. The smallest absolute Gasteiger partial charge is 0.203 e. The molecule has 0 amide bonds. The first-order chi connectivity index (χ1) is 11.5. The van der Waals surface area contributed by atoms with Crippen molar-refractivity contribution >= 4 is 38.6 Å². The van der Waals surface area contributed by atoms with Crippen LogP contribution in [-0.4, -0.2) is 24.4 Å². The third-order valence-corrected chi connectivity index (χ3v) is 4.75. The number of rotatable bonds is 8. The zero-order valence-electron chi connectivity index (χ0n) is 14.4. The maximum atomic E-state index is 5.77. The molecule has 0 saturated heterocycles. The van der Waals surface area contributed by atoms with Crippen molar-refractivity contribution in [3.8, 4) is 11.5 Å². The van der Waals surface area contributed by atoms with E-state index in [2.05, 4.69) is 38.4 Å². The molecule has 0 unspecified atom stereocenters. The van der Waals surface area contributed by atoms with Crippen molar-refractivity contribution in [3.63, 3.8) is 0 Å². The first-order valence-corrected chi connectivity index (χ1v) is 9.48. The topological polar surface area (TPSA) is 55.7 Å². The zero-order chi connectivity index (χ0) is 17.5.